The normalized spacial score (nSPS) is 18.6. The number of hydrogen-bond donors (Lipinski definition) is 0. The maximum Gasteiger partial charge on any atom is 0.348 e. The molecule has 0 spiro atoms. The number of hydrogen-bond acceptors (Lipinski definition) is 5. The van der Waals surface area contributed by atoms with Crippen molar-refractivity contribution in [2.24, 2.45) is 0 Å². The topological polar surface area (TPSA) is 62.6 Å². The molecule has 0 aromatic heterocycles. The van der Waals surface area contributed by atoms with Crippen LogP contribution in [0, 0.1) is 17.1 Å². The second-order valence-corrected chi connectivity index (χ2v) is 7.39. The largest absolute Gasteiger partial charge is 0.459 e. The van der Waals surface area contributed by atoms with Gasteiger partial charge in [0.1, 0.15) is 24.1 Å². The number of esters is 1. The molecule has 146 valence electrons. The van der Waals surface area contributed by atoms with E-state index in [1.807, 2.05) is 0 Å². The summed E-state index contributed by atoms with van der Waals surface area (Å²) in [6.07, 6.45) is 2.19. The zero-order chi connectivity index (χ0) is 20.2. The van der Waals surface area contributed by atoms with Gasteiger partial charge in [-0.15, -0.1) is 0 Å². The molecule has 1 aliphatic rings. The van der Waals surface area contributed by atoms with E-state index in [1.54, 1.807) is 12.1 Å². The Morgan fingerprint density at radius 2 is 2.15 bits per heavy atom. The molecule has 1 heterocycles. The van der Waals surface area contributed by atoms with Crippen LogP contribution in [0.4, 0.5) is 10.1 Å². The number of halogens is 1. The highest BCUT2D eigenvalue weighted by Crippen LogP contribution is 2.44. The van der Waals surface area contributed by atoms with Crippen LogP contribution in [0.2, 0.25) is 0 Å². The first-order chi connectivity index (χ1) is 12.7. The average Bonchev–Trinajstić information content (AvgIpc) is 2.60. The lowest BCUT2D eigenvalue weighted by Crippen LogP contribution is -2.48. The van der Waals surface area contributed by atoms with E-state index in [2.05, 4.69) is 32.6 Å². The zero-order valence-electron chi connectivity index (χ0n) is 16.6. The fourth-order valence-electron chi connectivity index (χ4n) is 3.82. The van der Waals surface area contributed by atoms with Gasteiger partial charge >= 0.3 is 5.97 Å². The number of nitriles is 1. The lowest BCUT2D eigenvalue weighted by atomic mass is 9.79. The third-order valence-corrected chi connectivity index (χ3v) is 4.98. The van der Waals surface area contributed by atoms with E-state index in [1.165, 1.54) is 19.3 Å². The van der Waals surface area contributed by atoms with E-state index < -0.39 is 11.8 Å². The lowest BCUT2D eigenvalue weighted by molar-refractivity contribution is -0.139. The molecule has 0 bridgehead atoms. The fourth-order valence-corrected chi connectivity index (χ4v) is 3.82. The highest BCUT2D eigenvalue weighted by Gasteiger charge is 2.36. The van der Waals surface area contributed by atoms with Gasteiger partial charge in [0.05, 0.1) is 6.61 Å². The van der Waals surface area contributed by atoms with Gasteiger partial charge in [0, 0.05) is 30.4 Å². The van der Waals surface area contributed by atoms with E-state index in [9.17, 15) is 14.4 Å². The van der Waals surface area contributed by atoms with Crippen molar-refractivity contribution in [2.75, 3.05) is 31.8 Å². The summed E-state index contributed by atoms with van der Waals surface area (Å²) in [7, 11) is 1.49. The summed E-state index contributed by atoms with van der Waals surface area (Å²) >= 11 is 0. The van der Waals surface area contributed by atoms with E-state index in [0.29, 0.717) is 0 Å². The van der Waals surface area contributed by atoms with Gasteiger partial charge < -0.3 is 14.4 Å². The summed E-state index contributed by atoms with van der Waals surface area (Å²) in [6, 6.07) is 5.05. The van der Waals surface area contributed by atoms with Crippen molar-refractivity contribution in [3.8, 4) is 6.07 Å². The Balaban J connectivity index is 2.41. The molecule has 0 saturated carbocycles. The zero-order valence-corrected chi connectivity index (χ0v) is 16.6. The molecule has 1 aromatic carbocycles. The summed E-state index contributed by atoms with van der Waals surface area (Å²) in [4.78, 5) is 14.2. The molecular formula is C21H27FN2O3. The molecular weight excluding hydrogens is 347 g/mol. The van der Waals surface area contributed by atoms with Crippen molar-refractivity contribution in [3.63, 3.8) is 0 Å². The number of nitrogens with zero attached hydrogens (tertiary/aromatic N) is 2. The Morgan fingerprint density at radius 3 is 2.74 bits per heavy atom. The molecule has 1 aromatic rings. The minimum absolute atomic E-state index is 0.0403. The Kier molecular flexibility index (Phi) is 6.61. The van der Waals surface area contributed by atoms with E-state index in [4.69, 9.17) is 9.47 Å². The number of methoxy groups -OCH3 is 1. The molecule has 5 nitrogen and oxygen atoms in total. The van der Waals surface area contributed by atoms with Gasteiger partial charge in [0.25, 0.3) is 0 Å². The molecule has 0 aliphatic carbocycles. The first-order valence-electron chi connectivity index (χ1n) is 9.14. The number of fused-ring (bicyclic) bond motifs is 1. The van der Waals surface area contributed by atoms with Crippen LogP contribution < -0.4 is 4.90 Å². The molecule has 1 unspecified atom stereocenters. The predicted molar refractivity (Wildman–Crippen MR) is 103 cm³/mol. The lowest BCUT2D eigenvalue weighted by Gasteiger charge is -2.47. The van der Waals surface area contributed by atoms with Crippen LogP contribution in [0.3, 0.4) is 0 Å². The van der Waals surface area contributed by atoms with Gasteiger partial charge in [-0.05, 0) is 56.9 Å². The van der Waals surface area contributed by atoms with Gasteiger partial charge in [-0.1, -0.05) is 6.92 Å². The summed E-state index contributed by atoms with van der Waals surface area (Å²) in [5, 5.41) is 9.26. The van der Waals surface area contributed by atoms with Gasteiger partial charge in [0.15, 0.2) is 0 Å². The maximum atomic E-state index is 14.8. The quantitative estimate of drug-likeness (QED) is 0.326. The van der Waals surface area contributed by atoms with Gasteiger partial charge in [-0.3, -0.25) is 0 Å². The number of anilines is 1. The maximum absolute atomic E-state index is 14.8. The molecule has 0 radical (unpaired) electrons. The molecule has 1 aliphatic heterocycles. The summed E-state index contributed by atoms with van der Waals surface area (Å²) in [5.74, 6) is -1.00. The van der Waals surface area contributed by atoms with Crippen LogP contribution in [-0.4, -0.2) is 38.4 Å². The first kappa shape index (κ1) is 20.9. The highest BCUT2D eigenvalue weighted by molar-refractivity contribution is 5.98. The predicted octanol–water partition coefficient (Wildman–Crippen LogP) is 4.03. The SMILES string of the molecule is CCN1c2cc(F)c(/C=C(/C#N)C(=O)OCCOC)cc2C(C)CC1(C)C. The van der Waals surface area contributed by atoms with Crippen LogP contribution in [0.1, 0.15) is 51.2 Å². The third kappa shape index (κ3) is 4.48. The summed E-state index contributed by atoms with van der Waals surface area (Å²) in [5.41, 5.74) is 1.82. The number of carbonyl (C=O) groups is 1. The average molecular weight is 374 g/mol. The van der Waals surface area contributed by atoms with Crippen LogP contribution >= 0.6 is 0 Å². The molecule has 27 heavy (non-hydrogen) atoms. The Morgan fingerprint density at radius 1 is 1.44 bits per heavy atom. The molecule has 0 fully saturated rings. The van der Waals surface area contributed by atoms with Crippen molar-refractivity contribution >= 4 is 17.7 Å². The second-order valence-electron chi connectivity index (χ2n) is 7.39. The minimum atomic E-state index is -0.781. The number of carbonyl (C=O) groups excluding carboxylic acids is 1. The summed E-state index contributed by atoms with van der Waals surface area (Å²) in [6.45, 7) is 9.53. The molecule has 2 rings (SSSR count). The Labute approximate surface area is 160 Å². The number of benzene rings is 1. The van der Waals surface area contributed by atoms with Crippen molar-refractivity contribution in [3.05, 3.63) is 34.6 Å². The highest BCUT2D eigenvalue weighted by atomic mass is 19.1. The monoisotopic (exact) mass is 374 g/mol. The van der Waals surface area contributed by atoms with E-state index in [0.717, 1.165) is 24.2 Å². The smallest absolute Gasteiger partial charge is 0.348 e. The standard InChI is InChI=1S/C21H27FN2O3/c1-6-24-19-11-18(22)15(10-17(19)14(2)12-21(24,3)4)9-16(13-23)20(25)27-8-7-26-5/h9-11,14H,6-8,12H2,1-5H3/b16-9-. The fraction of sp³-hybridized carbons (Fsp3) is 0.524. The minimum Gasteiger partial charge on any atom is -0.459 e. The Hall–Kier alpha value is -2.39. The third-order valence-electron chi connectivity index (χ3n) is 4.98. The van der Waals surface area contributed by atoms with Crippen molar-refractivity contribution in [1.82, 2.24) is 0 Å². The second kappa shape index (κ2) is 8.53. The van der Waals surface area contributed by atoms with Crippen LogP contribution in [0.5, 0.6) is 0 Å². The molecule has 6 heteroatoms. The van der Waals surface area contributed by atoms with Crippen molar-refractivity contribution in [2.45, 2.75) is 45.6 Å². The van der Waals surface area contributed by atoms with Crippen LogP contribution in [-0.2, 0) is 14.3 Å². The molecule has 1 atom stereocenters. The first-order valence-corrected chi connectivity index (χ1v) is 9.14. The summed E-state index contributed by atoms with van der Waals surface area (Å²) < 4.78 is 24.5. The number of ether oxygens (including phenoxy) is 2. The van der Waals surface area contributed by atoms with Gasteiger partial charge in [0.2, 0.25) is 0 Å². The van der Waals surface area contributed by atoms with Crippen LogP contribution in [0.25, 0.3) is 6.08 Å². The van der Waals surface area contributed by atoms with Crippen LogP contribution in [0.15, 0.2) is 17.7 Å². The molecule has 0 N–H and O–H groups in total. The molecule has 0 saturated heterocycles. The van der Waals surface area contributed by atoms with Crippen molar-refractivity contribution in [1.29, 1.82) is 5.26 Å². The van der Waals surface area contributed by atoms with E-state index in [-0.39, 0.29) is 35.8 Å². The number of rotatable bonds is 6. The van der Waals surface area contributed by atoms with Gasteiger partial charge in [-0.2, -0.15) is 5.26 Å². The Bertz CT molecular complexity index is 780. The van der Waals surface area contributed by atoms with Crippen molar-refractivity contribution < 1.29 is 18.7 Å². The van der Waals surface area contributed by atoms with E-state index >= 15 is 0 Å². The molecule has 0 amide bonds. The van der Waals surface area contributed by atoms with Gasteiger partial charge in [-0.25, -0.2) is 9.18 Å².